The summed E-state index contributed by atoms with van der Waals surface area (Å²) < 4.78 is 21.1. The van der Waals surface area contributed by atoms with Gasteiger partial charge in [-0.2, -0.15) is 0 Å². The fourth-order valence-electron chi connectivity index (χ4n) is 3.34. The summed E-state index contributed by atoms with van der Waals surface area (Å²) in [6.07, 6.45) is 0. The van der Waals surface area contributed by atoms with Crippen LogP contribution in [0.15, 0.2) is 17.1 Å². The minimum absolute atomic E-state index is 0.149. The zero-order valence-corrected chi connectivity index (χ0v) is 16.9. The van der Waals surface area contributed by atoms with Crippen molar-refractivity contribution in [3.8, 4) is 17.2 Å². The number of carbonyl (C=O) groups is 1. The van der Waals surface area contributed by atoms with E-state index in [2.05, 4.69) is 15.2 Å². The van der Waals surface area contributed by atoms with E-state index in [4.69, 9.17) is 18.9 Å². The fraction of sp³-hybridized carbons (Fsp3) is 0.579. The molecule has 2 atom stereocenters. The molecule has 0 spiro atoms. The van der Waals surface area contributed by atoms with Gasteiger partial charge in [-0.05, 0) is 12.0 Å². The SMILES string of the molecule is CN=C(NCc1cc(OC)c(OC)cc1OC)N1CC(C)C(C(=O)OC)C1. The van der Waals surface area contributed by atoms with E-state index < -0.39 is 0 Å². The number of methoxy groups -OCH3 is 4. The normalized spacial score (nSPS) is 19.6. The molecule has 1 aromatic carbocycles. The van der Waals surface area contributed by atoms with Gasteiger partial charge in [0, 0.05) is 38.3 Å². The lowest BCUT2D eigenvalue weighted by Crippen LogP contribution is -2.40. The van der Waals surface area contributed by atoms with Gasteiger partial charge in [0.15, 0.2) is 17.5 Å². The van der Waals surface area contributed by atoms with Crippen molar-refractivity contribution in [2.45, 2.75) is 13.5 Å². The molecule has 8 heteroatoms. The largest absolute Gasteiger partial charge is 0.496 e. The zero-order valence-electron chi connectivity index (χ0n) is 16.9. The number of hydrogen-bond acceptors (Lipinski definition) is 6. The van der Waals surface area contributed by atoms with Crippen molar-refractivity contribution in [3.63, 3.8) is 0 Å². The molecule has 0 amide bonds. The van der Waals surface area contributed by atoms with Crippen molar-refractivity contribution in [3.05, 3.63) is 17.7 Å². The number of nitrogens with one attached hydrogen (secondary N) is 1. The van der Waals surface area contributed by atoms with E-state index in [0.717, 1.165) is 18.1 Å². The first-order valence-electron chi connectivity index (χ1n) is 8.81. The van der Waals surface area contributed by atoms with Gasteiger partial charge in [0.05, 0.1) is 34.4 Å². The predicted octanol–water partition coefficient (Wildman–Crippen LogP) is 1.53. The van der Waals surface area contributed by atoms with Gasteiger partial charge in [0.25, 0.3) is 0 Å². The number of ether oxygens (including phenoxy) is 4. The monoisotopic (exact) mass is 379 g/mol. The molecule has 0 aromatic heterocycles. The van der Waals surface area contributed by atoms with Crippen LogP contribution >= 0.6 is 0 Å². The number of esters is 1. The Morgan fingerprint density at radius 1 is 1.11 bits per heavy atom. The summed E-state index contributed by atoms with van der Waals surface area (Å²) in [7, 11) is 7.95. The van der Waals surface area contributed by atoms with Gasteiger partial charge in [-0.3, -0.25) is 9.79 Å². The molecule has 1 aliphatic heterocycles. The van der Waals surface area contributed by atoms with Crippen molar-refractivity contribution in [2.24, 2.45) is 16.8 Å². The first kappa shape index (κ1) is 20.7. The standard InChI is InChI=1S/C19H29N3O5/c1-12-10-22(11-14(12)18(23)27-6)19(20-2)21-9-13-7-16(25-4)17(26-5)8-15(13)24-3/h7-8,12,14H,9-11H2,1-6H3,(H,20,21). The topological polar surface area (TPSA) is 81.6 Å². The van der Waals surface area contributed by atoms with Gasteiger partial charge in [-0.1, -0.05) is 6.92 Å². The van der Waals surface area contributed by atoms with Crippen LogP contribution in [0.5, 0.6) is 17.2 Å². The van der Waals surface area contributed by atoms with Crippen molar-refractivity contribution in [2.75, 3.05) is 48.6 Å². The number of benzene rings is 1. The molecule has 0 radical (unpaired) electrons. The fourth-order valence-corrected chi connectivity index (χ4v) is 3.34. The highest BCUT2D eigenvalue weighted by Crippen LogP contribution is 2.34. The molecule has 1 heterocycles. The Morgan fingerprint density at radius 3 is 2.30 bits per heavy atom. The molecule has 2 unspecified atom stereocenters. The van der Waals surface area contributed by atoms with Crippen LogP contribution < -0.4 is 19.5 Å². The van der Waals surface area contributed by atoms with Crippen molar-refractivity contribution >= 4 is 11.9 Å². The molecule has 0 saturated carbocycles. The lowest BCUT2D eigenvalue weighted by atomic mass is 9.99. The third-order valence-electron chi connectivity index (χ3n) is 4.85. The average molecular weight is 379 g/mol. The van der Waals surface area contributed by atoms with Crippen LogP contribution in [0.25, 0.3) is 0 Å². The van der Waals surface area contributed by atoms with E-state index in [-0.39, 0.29) is 17.8 Å². The summed E-state index contributed by atoms with van der Waals surface area (Å²) in [6, 6.07) is 3.67. The van der Waals surface area contributed by atoms with Gasteiger partial charge in [-0.15, -0.1) is 0 Å². The summed E-state index contributed by atoms with van der Waals surface area (Å²) in [5.41, 5.74) is 0.910. The number of nitrogens with zero attached hydrogens (tertiary/aromatic N) is 2. The van der Waals surface area contributed by atoms with Gasteiger partial charge < -0.3 is 29.2 Å². The van der Waals surface area contributed by atoms with Crippen molar-refractivity contribution in [1.82, 2.24) is 10.2 Å². The maximum atomic E-state index is 11.9. The molecule has 8 nitrogen and oxygen atoms in total. The summed E-state index contributed by atoms with van der Waals surface area (Å²) in [6.45, 7) is 3.86. The molecule has 27 heavy (non-hydrogen) atoms. The quantitative estimate of drug-likeness (QED) is 0.456. The first-order chi connectivity index (χ1) is 13.0. The summed E-state index contributed by atoms with van der Waals surface area (Å²) in [4.78, 5) is 18.3. The second kappa shape index (κ2) is 9.34. The van der Waals surface area contributed by atoms with Crippen LogP contribution in [-0.4, -0.2) is 65.4 Å². The molecule has 2 rings (SSSR count). The minimum Gasteiger partial charge on any atom is -0.496 e. The number of hydrogen-bond donors (Lipinski definition) is 1. The summed E-state index contributed by atoms with van der Waals surface area (Å²) in [5, 5.41) is 3.34. The molecule has 1 aliphatic rings. The van der Waals surface area contributed by atoms with Gasteiger partial charge in [0.1, 0.15) is 5.75 Å². The van der Waals surface area contributed by atoms with Crippen LogP contribution in [0.1, 0.15) is 12.5 Å². The maximum Gasteiger partial charge on any atom is 0.310 e. The summed E-state index contributed by atoms with van der Waals surface area (Å²) in [5.74, 6) is 2.53. The van der Waals surface area contributed by atoms with Crippen LogP contribution in [0.3, 0.4) is 0 Å². The number of carbonyl (C=O) groups excluding carboxylic acids is 1. The average Bonchev–Trinajstić information content (AvgIpc) is 3.08. The Balaban J connectivity index is 2.12. The molecule has 1 fully saturated rings. The van der Waals surface area contributed by atoms with E-state index in [9.17, 15) is 4.79 Å². The highest BCUT2D eigenvalue weighted by atomic mass is 16.5. The Labute approximate surface area is 160 Å². The Kier molecular flexibility index (Phi) is 7.15. The molecule has 0 aliphatic carbocycles. The van der Waals surface area contributed by atoms with E-state index in [0.29, 0.717) is 30.3 Å². The number of guanidine groups is 1. The summed E-state index contributed by atoms with van der Waals surface area (Å²) >= 11 is 0. The molecule has 1 saturated heterocycles. The van der Waals surface area contributed by atoms with Crippen LogP contribution in [0.4, 0.5) is 0 Å². The van der Waals surface area contributed by atoms with E-state index in [1.165, 1.54) is 7.11 Å². The van der Waals surface area contributed by atoms with E-state index in [1.54, 1.807) is 34.4 Å². The first-order valence-corrected chi connectivity index (χ1v) is 8.81. The van der Waals surface area contributed by atoms with E-state index >= 15 is 0 Å². The van der Waals surface area contributed by atoms with Crippen LogP contribution in [-0.2, 0) is 16.1 Å². The number of likely N-dealkylation sites (tertiary alicyclic amines) is 1. The highest BCUT2D eigenvalue weighted by molar-refractivity contribution is 5.82. The predicted molar refractivity (Wildman–Crippen MR) is 103 cm³/mol. The Bertz CT molecular complexity index is 692. The molecular weight excluding hydrogens is 350 g/mol. The van der Waals surface area contributed by atoms with Gasteiger partial charge in [0.2, 0.25) is 0 Å². The molecule has 150 valence electrons. The van der Waals surface area contributed by atoms with E-state index in [1.807, 2.05) is 13.0 Å². The smallest absolute Gasteiger partial charge is 0.310 e. The van der Waals surface area contributed by atoms with Crippen LogP contribution in [0, 0.1) is 11.8 Å². The van der Waals surface area contributed by atoms with Gasteiger partial charge in [-0.25, -0.2) is 0 Å². The Morgan fingerprint density at radius 2 is 1.74 bits per heavy atom. The molecule has 1 aromatic rings. The number of rotatable bonds is 6. The third kappa shape index (κ3) is 4.56. The molecule has 1 N–H and O–H groups in total. The molecule has 0 bridgehead atoms. The number of aliphatic imine (C=N–C) groups is 1. The lowest BCUT2D eigenvalue weighted by Gasteiger charge is -2.22. The third-order valence-corrected chi connectivity index (χ3v) is 4.85. The second-order valence-electron chi connectivity index (χ2n) is 6.43. The second-order valence-corrected chi connectivity index (χ2v) is 6.43. The maximum absolute atomic E-state index is 11.9. The van der Waals surface area contributed by atoms with Gasteiger partial charge >= 0.3 is 5.97 Å². The van der Waals surface area contributed by atoms with Crippen molar-refractivity contribution < 1.29 is 23.7 Å². The highest BCUT2D eigenvalue weighted by Gasteiger charge is 2.36. The van der Waals surface area contributed by atoms with Crippen LogP contribution in [0.2, 0.25) is 0 Å². The Hall–Kier alpha value is -2.64. The van der Waals surface area contributed by atoms with Crippen molar-refractivity contribution in [1.29, 1.82) is 0 Å². The molecular formula is C19H29N3O5. The zero-order chi connectivity index (χ0) is 20.0. The minimum atomic E-state index is -0.179. The lowest BCUT2D eigenvalue weighted by molar-refractivity contribution is -0.145.